The molecule has 0 bridgehead atoms. The molecule has 1 aromatic rings. The van der Waals surface area contributed by atoms with Gasteiger partial charge in [0.1, 0.15) is 11.8 Å². The Bertz CT molecular complexity index is 276. The Labute approximate surface area is 76.5 Å². The molecule has 0 atom stereocenters. The summed E-state index contributed by atoms with van der Waals surface area (Å²) in [7, 11) is 0. The summed E-state index contributed by atoms with van der Waals surface area (Å²) in [6, 6.07) is 0. The maximum Gasteiger partial charge on any atom is 0.146 e. The van der Waals surface area contributed by atoms with Crippen molar-refractivity contribution in [2.24, 2.45) is 0 Å². The van der Waals surface area contributed by atoms with Gasteiger partial charge in [-0.2, -0.15) is 0 Å². The van der Waals surface area contributed by atoms with Gasteiger partial charge in [0.25, 0.3) is 0 Å². The van der Waals surface area contributed by atoms with Gasteiger partial charge in [0.15, 0.2) is 0 Å². The Morgan fingerprint density at radius 3 is 2.77 bits per heavy atom. The maximum absolute atomic E-state index is 11.1. The van der Waals surface area contributed by atoms with E-state index in [0.29, 0.717) is 13.2 Å². The molecule has 4 heteroatoms. The summed E-state index contributed by atoms with van der Waals surface area (Å²) in [6.45, 7) is 1.30. The predicted molar refractivity (Wildman–Crippen MR) is 46.3 cm³/mol. The second kappa shape index (κ2) is 3.30. The van der Waals surface area contributed by atoms with Crippen LogP contribution >= 0.6 is 0 Å². The molecule has 13 heavy (non-hydrogen) atoms. The normalized spacial score (nSPS) is 21.2. The third kappa shape index (κ3) is 1.37. The van der Waals surface area contributed by atoms with Crippen LogP contribution in [0.4, 0.5) is 0 Å². The fraction of sp³-hybridized carbons (Fsp3) is 0.556. The lowest BCUT2D eigenvalue weighted by atomic mass is 9.92. The molecule has 0 aromatic carbocycles. The first-order valence-electron chi connectivity index (χ1n) is 4.40. The zero-order valence-electron chi connectivity index (χ0n) is 7.35. The number of carbonyl (C=O) groups is 1. The van der Waals surface area contributed by atoms with Crippen LogP contribution < -0.4 is 0 Å². The standard InChI is InChI=1S/C9H12N2O2/c12-7-9(1-5-13-6-2-9)11-4-3-10-8-11/h3-4,7-8H,1-2,5-6H2. The summed E-state index contributed by atoms with van der Waals surface area (Å²) in [6.07, 6.45) is 7.72. The van der Waals surface area contributed by atoms with E-state index in [1.807, 2.05) is 10.8 Å². The van der Waals surface area contributed by atoms with E-state index >= 15 is 0 Å². The molecule has 0 N–H and O–H groups in total. The van der Waals surface area contributed by atoms with Crippen molar-refractivity contribution in [2.45, 2.75) is 18.4 Å². The second-order valence-electron chi connectivity index (χ2n) is 3.30. The minimum atomic E-state index is -0.408. The van der Waals surface area contributed by atoms with E-state index in [1.54, 1.807) is 12.5 Å². The number of aldehydes is 1. The van der Waals surface area contributed by atoms with Gasteiger partial charge in [-0.15, -0.1) is 0 Å². The molecule has 1 aliphatic heterocycles. The van der Waals surface area contributed by atoms with E-state index in [1.165, 1.54) is 0 Å². The molecule has 0 aliphatic carbocycles. The van der Waals surface area contributed by atoms with Crippen molar-refractivity contribution < 1.29 is 9.53 Å². The highest BCUT2D eigenvalue weighted by molar-refractivity contribution is 5.62. The SMILES string of the molecule is O=CC1(n2ccnc2)CCOCC1. The lowest BCUT2D eigenvalue weighted by molar-refractivity contribution is -0.119. The van der Waals surface area contributed by atoms with Gasteiger partial charge in [-0.3, -0.25) is 0 Å². The largest absolute Gasteiger partial charge is 0.381 e. The van der Waals surface area contributed by atoms with Crippen LogP contribution in [-0.2, 0) is 15.1 Å². The number of nitrogens with zero attached hydrogens (tertiary/aromatic N) is 2. The maximum atomic E-state index is 11.1. The average molecular weight is 180 g/mol. The van der Waals surface area contributed by atoms with E-state index in [0.717, 1.165) is 19.1 Å². The van der Waals surface area contributed by atoms with Crippen molar-refractivity contribution in [3.05, 3.63) is 18.7 Å². The highest BCUT2D eigenvalue weighted by atomic mass is 16.5. The van der Waals surface area contributed by atoms with Crippen molar-refractivity contribution >= 4 is 6.29 Å². The van der Waals surface area contributed by atoms with E-state index in [2.05, 4.69) is 4.98 Å². The van der Waals surface area contributed by atoms with E-state index < -0.39 is 5.54 Å². The van der Waals surface area contributed by atoms with Crippen molar-refractivity contribution in [1.29, 1.82) is 0 Å². The van der Waals surface area contributed by atoms with Gasteiger partial charge in [0.2, 0.25) is 0 Å². The number of rotatable bonds is 2. The van der Waals surface area contributed by atoms with E-state index in [-0.39, 0.29) is 0 Å². The van der Waals surface area contributed by atoms with E-state index in [9.17, 15) is 4.79 Å². The quantitative estimate of drug-likeness (QED) is 0.625. The van der Waals surface area contributed by atoms with Crippen LogP contribution in [0.15, 0.2) is 18.7 Å². The topological polar surface area (TPSA) is 44.1 Å². The Hall–Kier alpha value is -1.16. The van der Waals surface area contributed by atoms with Crippen LogP contribution in [0.5, 0.6) is 0 Å². The van der Waals surface area contributed by atoms with Gasteiger partial charge >= 0.3 is 0 Å². The molecule has 0 spiro atoms. The van der Waals surface area contributed by atoms with Gasteiger partial charge in [0, 0.05) is 38.4 Å². The van der Waals surface area contributed by atoms with Crippen molar-refractivity contribution in [2.75, 3.05) is 13.2 Å². The molecule has 1 saturated heterocycles. The molecule has 0 saturated carbocycles. The summed E-state index contributed by atoms with van der Waals surface area (Å²) >= 11 is 0. The molecule has 0 radical (unpaired) electrons. The zero-order valence-corrected chi connectivity index (χ0v) is 7.35. The minimum absolute atomic E-state index is 0.408. The number of hydrogen-bond donors (Lipinski definition) is 0. The van der Waals surface area contributed by atoms with Gasteiger partial charge < -0.3 is 14.1 Å². The summed E-state index contributed by atoms with van der Waals surface area (Å²) in [5, 5.41) is 0. The number of ether oxygens (including phenoxy) is 1. The monoisotopic (exact) mass is 180 g/mol. The first kappa shape index (κ1) is 8.44. The van der Waals surface area contributed by atoms with Crippen molar-refractivity contribution in [3.63, 3.8) is 0 Å². The smallest absolute Gasteiger partial charge is 0.146 e. The van der Waals surface area contributed by atoms with Crippen molar-refractivity contribution in [1.82, 2.24) is 9.55 Å². The fourth-order valence-corrected chi connectivity index (χ4v) is 1.68. The molecule has 70 valence electrons. The lowest BCUT2D eigenvalue weighted by Gasteiger charge is -2.33. The predicted octanol–water partition coefficient (Wildman–Crippen LogP) is 0.588. The summed E-state index contributed by atoms with van der Waals surface area (Å²) < 4.78 is 7.11. The zero-order chi connectivity index (χ0) is 9.15. The summed E-state index contributed by atoms with van der Waals surface area (Å²) in [5.74, 6) is 0. The second-order valence-corrected chi connectivity index (χ2v) is 3.30. The number of aromatic nitrogens is 2. The Morgan fingerprint density at radius 2 is 2.23 bits per heavy atom. The summed E-state index contributed by atoms with van der Waals surface area (Å²) in [4.78, 5) is 15.0. The third-order valence-electron chi connectivity index (χ3n) is 2.60. The van der Waals surface area contributed by atoms with Crippen LogP contribution in [-0.4, -0.2) is 29.1 Å². The van der Waals surface area contributed by atoms with Gasteiger partial charge in [-0.1, -0.05) is 0 Å². The molecule has 2 heterocycles. The fourth-order valence-electron chi connectivity index (χ4n) is 1.68. The van der Waals surface area contributed by atoms with E-state index in [4.69, 9.17) is 4.74 Å². The van der Waals surface area contributed by atoms with Gasteiger partial charge in [0.05, 0.1) is 6.33 Å². The Balaban J connectivity index is 2.28. The van der Waals surface area contributed by atoms with Crippen molar-refractivity contribution in [3.8, 4) is 0 Å². The highest BCUT2D eigenvalue weighted by Gasteiger charge is 2.33. The molecule has 1 fully saturated rings. The lowest BCUT2D eigenvalue weighted by Crippen LogP contribution is -2.40. The Morgan fingerprint density at radius 1 is 1.46 bits per heavy atom. The molecule has 2 rings (SSSR count). The Kier molecular flexibility index (Phi) is 2.14. The highest BCUT2D eigenvalue weighted by Crippen LogP contribution is 2.26. The van der Waals surface area contributed by atoms with Crippen LogP contribution in [0.25, 0.3) is 0 Å². The van der Waals surface area contributed by atoms with Crippen LogP contribution in [0.3, 0.4) is 0 Å². The first-order valence-corrected chi connectivity index (χ1v) is 4.40. The number of carbonyl (C=O) groups excluding carboxylic acids is 1. The number of hydrogen-bond acceptors (Lipinski definition) is 3. The van der Waals surface area contributed by atoms with Crippen LogP contribution in [0.1, 0.15) is 12.8 Å². The summed E-state index contributed by atoms with van der Waals surface area (Å²) in [5.41, 5.74) is -0.408. The molecule has 4 nitrogen and oxygen atoms in total. The first-order chi connectivity index (χ1) is 6.37. The molecule has 0 unspecified atom stereocenters. The average Bonchev–Trinajstić information content (AvgIpc) is 2.72. The molecule has 1 aliphatic rings. The number of imidazole rings is 1. The van der Waals surface area contributed by atoms with Crippen LogP contribution in [0, 0.1) is 0 Å². The van der Waals surface area contributed by atoms with Gasteiger partial charge in [-0.05, 0) is 0 Å². The molecular formula is C9H12N2O2. The minimum Gasteiger partial charge on any atom is -0.381 e. The molecule has 0 amide bonds. The van der Waals surface area contributed by atoms with Crippen LogP contribution in [0.2, 0.25) is 0 Å². The third-order valence-corrected chi connectivity index (χ3v) is 2.60. The molecule has 1 aromatic heterocycles. The van der Waals surface area contributed by atoms with Gasteiger partial charge in [-0.25, -0.2) is 4.98 Å². The molecular weight excluding hydrogens is 168 g/mol.